The van der Waals surface area contributed by atoms with E-state index in [2.05, 4.69) is 28.9 Å². The predicted molar refractivity (Wildman–Crippen MR) is 119 cm³/mol. The second kappa shape index (κ2) is 9.18. The Hall–Kier alpha value is -2.39. The first-order chi connectivity index (χ1) is 14.6. The molecule has 2 fully saturated rings. The highest BCUT2D eigenvalue weighted by Crippen LogP contribution is 2.26. The third-order valence-corrected chi connectivity index (χ3v) is 6.23. The minimum atomic E-state index is -0.503. The molecule has 4 rings (SSSR count). The molecule has 1 aliphatic carbocycles. The average Bonchev–Trinajstić information content (AvgIpc) is 3.15. The second-order valence-corrected chi connectivity index (χ2v) is 8.54. The first kappa shape index (κ1) is 20.9. The van der Waals surface area contributed by atoms with Gasteiger partial charge < -0.3 is 20.5 Å². The van der Waals surface area contributed by atoms with Crippen molar-refractivity contribution < 1.29 is 9.84 Å². The number of anilines is 1. The van der Waals surface area contributed by atoms with Gasteiger partial charge in [-0.3, -0.25) is 0 Å². The van der Waals surface area contributed by atoms with Crippen molar-refractivity contribution in [1.29, 1.82) is 0 Å². The van der Waals surface area contributed by atoms with Gasteiger partial charge in [0.25, 0.3) is 0 Å². The van der Waals surface area contributed by atoms with Crippen molar-refractivity contribution in [2.45, 2.75) is 56.3 Å². The zero-order valence-corrected chi connectivity index (χ0v) is 17.7. The van der Waals surface area contributed by atoms with Crippen molar-refractivity contribution in [2.75, 3.05) is 25.1 Å². The summed E-state index contributed by atoms with van der Waals surface area (Å²) in [5, 5.41) is 10.2. The smallest absolute Gasteiger partial charge is 0.129 e. The lowest BCUT2D eigenvalue weighted by molar-refractivity contribution is 0.0217. The summed E-state index contributed by atoms with van der Waals surface area (Å²) in [6, 6.07) is 14.4. The van der Waals surface area contributed by atoms with Crippen LogP contribution in [0.4, 0.5) is 5.82 Å². The van der Waals surface area contributed by atoms with Gasteiger partial charge in [-0.15, -0.1) is 0 Å². The summed E-state index contributed by atoms with van der Waals surface area (Å²) in [5.74, 6) is 7.58. The van der Waals surface area contributed by atoms with E-state index in [0.717, 1.165) is 42.8 Å². The molecule has 1 aliphatic heterocycles. The van der Waals surface area contributed by atoms with Gasteiger partial charge in [-0.25, -0.2) is 4.98 Å². The number of aliphatic hydroxyl groups excluding tert-OH is 1. The second-order valence-electron chi connectivity index (χ2n) is 8.54. The Balaban J connectivity index is 1.64. The van der Waals surface area contributed by atoms with E-state index in [9.17, 15) is 5.11 Å². The fourth-order valence-electron chi connectivity index (χ4n) is 4.38. The minimum Gasteiger partial charge on any atom is -0.388 e. The molecule has 0 amide bonds. The molecular formula is C25H31N3O2. The van der Waals surface area contributed by atoms with Crippen LogP contribution in [-0.4, -0.2) is 48.0 Å². The van der Waals surface area contributed by atoms with E-state index in [-0.39, 0.29) is 11.6 Å². The van der Waals surface area contributed by atoms with Crippen LogP contribution >= 0.6 is 0 Å². The summed E-state index contributed by atoms with van der Waals surface area (Å²) in [6.45, 7) is 1.15. The molecule has 30 heavy (non-hydrogen) atoms. The quantitative estimate of drug-likeness (QED) is 0.766. The van der Waals surface area contributed by atoms with E-state index in [4.69, 9.17) is 15.5 Å². The number of pyridine rings is 1. The van der Waals surface area contributed by atoms with E-state index in [1.54, 1.807) is 7.11 Å². The Morgan fingerprint density at radius 1 is 1.13 bits per heavy atom. The summed E-state index contributed by atoms with van der Waals surface area (Å²) in [4.78, 5) is 7.04. The lowest BCUT2D eigenvalue weighted by Crippen LogP contribution is -2.40. The molecule has 158 valence electrons. The van der Waals surface area contributed by atoms with Crippen LogP contribution in [-0.2, 0) is 11.2 Å². The number of rotatable bonds is 4. The maximum Gasteiger partial charge on any atom is 0.129 e. The lowest BCUT2D eigenvalue weighted by Gasteiger charge is -2.27. The Morgan fingerprint density at radius 3 is 2.60 bits per heavy atom. The summed E-state index contributed by atoms with van der Waals surface area (Å²) in [6.07, 6.45) is 5.49. The molecule has 5 nitrogen and oxygen atoms in total. The first-order valence-electron chi connectivity index (χ1n) is 10.9. The predicted octanol–water partition coefficient (Wildman–Crippen LogP) is 2.88. The van der Waals surface area contributed by atoms with E-state index in [0.29, 0.717) is 19.5 Å². The van der Waals surface area contributed by atoms with Crippen LogP contribution in [0.3, 0.4) is 0 Å². The highest BCUT2D eigenvalue weighted by Gasteiger charge is 2.32. The molecule has 1 saturated carbocycles. The van der Waals surface area contributed by atoms with Gasteiger partial charge in [0.05, 0.1) is 17.3 Å². The number of hydrogen-bond acceptors (Lipinski definition) is 5. The average molecular weight is 406 g/mol. The molecule has 1 aromatic carbocycles. The van der Waals surface area contributed by atoms with E-state index < -0.39 is 6.10 Å². The van der Waals surface area contributed by atoms with Gasteiger partial charge >= 0.3 is 0 Å². The van der Waals surface area contributed by atoms with E-state index in [1.807, 2.05) is 30.3 Å². The molecule has 1 saturated heterocycles. The molecule has 5 heteroatoms. The number of aromatic nitrogens is 1. The maximum absolute atomic E-state index is 10.2. The SMILES string of the molecule is COC1CN(c2ccc(C#CC3(N)CCCCC3)c(Cc3ccccc3)n2)CC1O. The van der Waals surface area contributed by atoms with Crippen molar-refractivity contribution in [3.63, 3.8) is 0 Å². The number of nitrogens with two attached hydrogens (primary N) is 1. The zero-order valence-electron chi connectivity index (χ0n) is 17.7. The number of hydrogen-bond donors (Lipinski definition) is 2. The van der Waals surface area contributed by atoms with Gasteiger partial charge in [0.2, 0.25) is 0 Å². The molecule has 2 heterocycles. The number of β-amino-alcohol motifs (C(OH)–C–C–N with tert-alkyl or cyclic N) is 1. The first-order valence-corrected chi connectivity index (χ1v) is 10.9. The van der Waals surface area contributed by atoms with Crippen LogP contribution in [0.1, 0.15) is 48.9 Å². The van der Waals surface area contributed by atoms with Crippen molar-refractivity contribution in [3.05, 3.63) is 59.3 Å². The van der Waals surface area contributed by atoms with Gasteiger partial charge in [0.1, 0.15) is 11.9 Å². The van der Waals surface area contributed by atoms with Gasteiger partial charge in [-0.05, 0) is 30.5 Å². The standard InChI is InChI=1S/C25H31N3O2/c1-30-23-18-28(17-22(23)29)24-11-10-20(12-15-25(26)13-6-3-7-14-25)21(27-24)16-19-8-4-2-5-9-19/h2,4-5,8-11,22-23,29H,3,6-7,13-14,16-18,26H2,1H3. The van der Waals surface area contributed by atoms with Crippen molar-refractivity contribution in [3.8, 4) is 11.8 Å². The molecule has 0 spiro atoms. The third kappa shape index (κ3) is 4.84. The monoisotopic (exact) mass is 405 g/mol. The fraction of sp³-hybridized carbons (Fsp3) is 0.480. The summed E-state index contributed by atoms with van der Waals surface area (Å²) in [5.41, 5.74) is 9.23. The van der Waals surface area contributed by atoms with Crippen LogP contribution in [0.5, 0.6) is 0 Å². The Bertz CT molecular complexity index is 913. The Labute approximate surface area is 179 Å². The molecule has 0 radical (unpaired) electrons. The van der Waals surface area contributed by atoms with Gasteiger partial charge in [-0.2, -0.15) is 0 Å². The summed E-state index contributed by atoms with van der Waals surface area (Å²) in [7, 11) is 1.64. The molecule has 0 bridgehead atoms. The van der Waals surface area contributed by atoms with E-state index >= 15 is 0 Å². The number of ether oxygens (including phenoxy) is 1. The van der Waals surface area contributed by atoms with Crippen LogP contribution in [0.2, 0.25) is 0 Å². The molecular weight excluding hydrogens is 374 g/mol. The molecule has 2 aromatic rings. The number of nitrogens with zero attached hydrogens (tertiary/aromatic N) is 2. The largest absolute Gasteiger partial charge is 0.388 e. The highest BCUT2D eigenvalue weighted by molar-refractivity contribution is 5.50. The normalized spacial score (nSPS) is 23.1. The zero-order chi connectivity index (χ0) is 21.0. The fourth-order valence-corrected chi connectivity index (χ4v) is 4.38. The number of aliphatic hydroxyl groups is 1. The van der Waals surface area contributed by atoms with Gasteiger partial charge in [-0.1, -0.05) is 61.4 Å². The molecule has 1 aromatic heterocycles. The van der Waals surface area contributed by atoms with Crippen LogP contribution in [0, 0.1) is 11.8 Å². The molecule has 3 N–H and O–H groups in total. The molecule has 2 unspecified atom stereocenters. The van der Waals surface area contributed by atoms with Crippen molar-refractivity contribution in [2.24, 2.45) is 5.73 Å². The van der Waals surface area contributed by atoms with Gasteiger partial charge in [0.15, 0.2) is 0 Å². The Kier molecular flexibility index (Phi) is 6.38. The topological polar surface area (TPSA) is 71.6 Å². The molecule has 2 atom stereocenters. The Morgan fingerprint density at radius 2 is 1.90 bits per heavy atom. The lowest BCUT2D eigenvalue weighted by atomic mass is 9.83. The minimum absolute atomic E-state index is 0.188. The van der Waals surface area contributed by atoms with Crippen LogP contribution < -0.4 is 10.6 Å². The third-order valence-electron chi connectivity index (χ3n) is 6.23. The van der Waals surface area contributed by atoms with Crippen molar-refractivity contribution in [1.82, 2.24) is 4.98 Å². The van der Waals surface area contributed by atoms with Crippen LogP contribution in [0.25, 0.3) is 0 Å². The highest BCUT2D eigenvalue weighted by atomic mass is 16.5. The summed E-state index contributed by atoms with van der Waals surface area (Å²) >= 11 is 0. The number of benzene rings is 1. The van der Waals surface area contributed by atoms with Crippen molar-refractivity contribution >= 4 is 5.82 Å². The summed E-state index contributed by atoms with van der Waals surface area (Å²) < 4.78 is 5.39. The number of methoxy groups -OCH3 is 1. The maximum atomic E-state index is 10.2. The van der Waals surface area contributed by atoms with E-state index in [1.165, 1.54) is 12.0 Å². The molecule has 2 aliphatic rings. The van der Waals surface area contributed by atoms with Crippen LogP contribution in [0.15, 0.2) is 42.5 Å². The van der Waals surface area contributed by atoms with Gasteiger partial charge in [0, 0.05) is 32.2 Å².